The fraction of sp³-hybridized carbons (Fsp3) is 0.214. The molecule has 1 N–H and O–H groups in total. The van der Waals surface area contributed by atoms with Crippen molar-refractivity contribution >= 4 is 23.8 Å². The van der Waals surface area contributed by atoms with Crippen LogP contribution in [0.25, 0.3) is 0 Å². The van der Waals surface area contributed by atoms with Crippen LogP contribution in [0.2, 0.25) is 0 Å². The van der Waals surface area contributed by atoms with Gasteiger partial charge in [0.2, 0.25) is 0 Å². The zero-order valence-electron chi connectivity index (χ0n) is 11.3. The van der Waals surface area contributed by atoms with Gasteiger partial charge in [-0.2, -0.15) is 0 Å². The van der Waals surface area contributed by atoms with E-state index in [4.69, 9.17) is 5.21 Å². The van der Waals surface area contributed by atoms with Gasteiger partial charge in [0.05, 0.1) is 18.5 Å². The molecule has 20 heavy (non-hydrogen) atoms. The maximum atomic E-state index is 11.9. The monoisotopic (exact) mass is 276 g/mol. The summed E-state index contributed by atoms with van der Waals surface area (Å²) in [5.74, 6) is -0.962. The van der Waals surface area contributed by atoms with Crippen molar-refractivity contribution in [2.75, 3.05) is 18.6 Å². The number of nitrogens with zero attached hydrogens (tertiary/aromatic N) is 2. The Morgan fingerprint density at radius 3 is 2.70 bits per heavy atom. The fourth-order valence-electron chi connectivity index (χ4n) is 1.52. The number of amides is 1. The van der Waals surface area contributed by atoms with Gasteiger partial charge in [-0.15, -0.1) is 0 Å². The number of oxime groups is 1. The summed E-state index contributed by atoms with van der Waals surface area (Å²) in [5, 5.41) is 11.5. The van der Waals surface area contributed by atoms with Crippen LogP contribution in [0.15, 0.2) is 41.6 Å². The lowest BCUT2D eigenvalue weighted by atomic mass is 10.2. The number of anilines is 1. The Labute approximate surface area is 117 Å². The topological polar surface area (TPSA) is 79.2 Å². The maximum absolute atomic E-state index is 11.9. The highest BCUT2D eigenvalue weighted by molar-refractivity contribution is 6.06. The first kappa shape index (κ1) is 15.4. The lowest BCUT2D eigenvalue weighted by Gasteiger charge is -2.17. The van der Waals surface area contributed by atoms with Crippen LogP contribution < -0.4 is 4.90 Å². The van der Waals surface area contributed by atoms with Gasteiger partial charge < -0.3 is 14.8 Å². The van der Waals surface area contributed by atoms with Crippen LogP contribution in [0.5, 0.6) is 0 Å². The van der Waals surface area contributed by atoms with Crippen LogP contribution in [-0.2, 0) is 14.3 Å². The Morgan fingerprint density at radius 2 is 2.05 bits per heavy atom. The first-order valence-electron chi connectivity index (χ1n) is 5.99. The average Bonchev–Trinajstić information content (AvgIpc) is 2.45. The molecule has 0 radical (unpaired) electrons. The van der Waals surface area contributed by atoms with Crippen LogP contribution >= 0.6 is 0 Å². The molecule has 0 unspecified atom stereocenters. The SMILES string of the molecule is CCOC(=O)/C=C/C(=O)N(C)c1ccccc1/C=N/O. The maximum Gasteiger partial charge on any atom is 0.330 e. The van der Waals surface area contributed by atoms with E-state index >= 15 is 0 Å². The van der Waals surface area contributed by atoms with Crippen LogP contribution in [-0.4, -0.2) is 37.0 Å². The van der Waals surface area contributed by atoms with E-state index in [-0.39, 0.29) is 6.61 Å². The predicted octanol–water partition coefficient (Wildman–Crippen LogP) is 1.58. The van der Waals surface area contributed by atoms with Crippen molar-refractivity contribution in [3.8, 4) is 0 Å². The number of hydrogen-bond donors (Lipinski definition) is 1. The van der Waals surface area contributed by atoms with Gasteiger partial charge in [-0.25, -0.2) is 4.79 Å². The van der Waals surface area contributed by atoms with E-state index in [1.807, 2.05) is 0 Å². The molecule has 1 rings (SSSR count). The Morgan fingerprint density at radius 1 is 1.35 bits per heavy atom. The molecular weight excluding hydrogens is 260 g/mol. The van der Waals surface area contributed by atoms with E-state index in [0.717, 1.165) is 12.2 Å². The number of carbonyl (C=O) groups excluding carboxylic acids is 2. The van der Waals surface area contributed by atoms with E-state index in [1.165, 1.54) is 11.1 Å². The average molecular weight is 276 g/mol. The van der Waals surface area contributed by atoms with Crippen LogP contribution in [0.4, 0.5) is 5.69 Å². The van der Waals surface area contributed by atoms with Gasteiger partial charge in [0.25, 0.3) is 5.91 Å². The highest BCUT2D eigenvalue weighted by Gasteiger charge is 2.11. The summed E-state index contributed by atoms with van der Waals surface area (Å²) >= 11 is 0. The van der Waals surface area contributed by atoms with Gasteiger partial charge in [-0.3, -0.25) is 4.79 Å². The number of para-hydroxylation sites is 1. The first-order chi connectivity index (χ1) is 9.60. The number of rotatable bonds is 5. The largest absolute Gasteiger partial charge is 0.463 e. The molecule has 6 heteroatoms. The summed E-state index contributed by atoms with van der Waals surface area (Å²) in [4.78, 5) is 24.4. The van der Waals surface area contributed by atoms with Crippen molar-refractivity contribution in [1.82, 2.24) is 0 Å². The van der Waals surface area contributed by atoms with Gasteiger partial charge >= 0.3 is 5.97 Å². The number of benzene rings is 1. The molecule has 0 bridgehead atoms. The molecule has 0 saturated carbocycles. The van der Waals surface area contributed by atoms with Crippen molar-refractivity contribution in [3.05, 3.63) is 42.0 Å². The van der Waals surface area contributed by atoms with E-state index in [2.05, 4.69) is 9.89 Å². The number of esters is 1. The molecule has 0 aliphatic carbocycles. The second kappa shape index (κ2) is 7.73. The van der Waals surface area contributed by atoms with Crippen molar-refractivity contribution in [3.63, 3.8) is 0 Å². The Hall–Kier alpha value is -2.63. The van der Waals surface area contributed by atoms with Gasteiger partial charge in [-0.05, 0) is 13.0 Å². The summed E-state index contributed by atoms with van der Waals surface area (Å²) in [6, 6.07) is 6.91. The molecule has 0 aliphatic rings. The third kappa shape index (κ3) is 4.24. The minimum atomic E-state index is -0.570. The summed E-state index contributed by atoms with van der Waals surface area (Å²) in [5.41, 5.74) is 1.14. The Kier molecular flexibility index (Phi) is 5.96. The predicted molar refractivity (Wildman–Crippen MR) is 75.0 cm³/mol. The smallest absolute Gasteiger partial charge is 0.330 e. The minimum absolute atomic E-state index is 0.253. The second-order valence-electron chi connectivity index (χ2n) is 3.79. The first-order valence-corrected chi connectivity index (χ1v) is 5.99. The van der Waals surface area contributed by atoms with E-state index in [9.17, 15) is 9.59 Å². The lowest BCUT2D eigenvalue weighted by Crippen LogP contribution is -2.25. The molecule has 0 spiro atoms. The second-order valence-corrected chi connectivity index (χ2v) is 3.79. The summed E-state index contributed by atoms with van der Waals surface area (Å²) in [6.07, 6.45) is 3.43. The van der Waals surface area contributed by atoms with Crippen LogP contribution in [0.1, 0.15) is 12.5 Å². The summed E-state index contributed by atoms with van der Waals surface area (Å²) < 4.78 is 4.69. The molecular formula is C14H16N2O4. The molecule has 106 valence electrons. The molecule has 0 fully saturated rings. The summed E-state index contributed by atoms with van der Waals surface area (Å²) in [7, 11) is 1.56. The van der Waals surface area contributed by atoms with Crippen molar-refractivity contribution in [2.24, 2.45) is 5.16 Å². The number of ether oxygens (including phenoxy) is 1. The molecule has 0 aliphatic heterocycles. The molecule has 0 saturated heterocycles. The normalized spacial score (nSPS) is 10.9. The fourth-order valence-corrected chi connectivity index (χ4v) is 1.52. The quantitative estimate of drug-likeness (QED) is 0.291. The van der Waals surface area contributed by atoms with Gasteiger partial charge in [0.15, 0.2) is 0 Å². The Balaban J connectivity index is 2.87. The molecule has 0 aromatic heterocycles. The van der Waals surface area contributed by atoms with E-state index < -0.39 is 11.9 Å². The standard InChI is InChI=1S/C14H16N2O4/c1-3-20-14(18)9-8-13(17)16(2)12-7-5-4-6-11(12)10-15-19/h4-10,19H,3H2,1-2H3/b9-8+,15-10+. The number of hydrogen-bond acceptors (Lipinski definition) is 5. The number of carbonyl (C=O) groups is 2. The molecule has 0 heterocycles. The molecule has 0 atom stereocenters. The third-order valence-electron chi connectivity index (χ3n) is 2.47. The highest BCUT2D eigenvalue weighted by atomic mass is 16.5. The molecule has 1 aromatic carbocycles. The third-order valence-corrected chi connectivity index (χ3v) is 2.47. The number of likely N-dealkylation sites (N-methyl/N-ethyl adjacent to an activating group) is 1. The van der Waals surface area contributed by atoms with Gasteiger partial charge in [-0.1, -0.05) is 23.4 Å². The van der Waals surface area contributed by atoms with E-state index in [0.29, 0.717) is 11.3 Å². The van der Waals surface area contributed by atoms with E-state index in [1.54, 1.807) is 38.2 Å². The van der Waals surface area contributed by atoms with Crippen LogP contribution in [0.3, 0.4) is 0 Å². The zero-order valence-corrected chi connectivity index (χ0v) is 11.3. The molecule has 6 nitrogen and oxygen atoms in total. The zero-order chi connectivity index (χ0) is 15.0. The van der Waals surface area contributed by atoms with Crippen molar-refractivity contribution < 1.29 is 19.5 Å². The molecule has 1 aromatic rings. The summed E-state index contributed by atoms with van der Waals surface area (Å²) in [6.45, 7) is 1.94. The van der Waals surface area contributed by atoms with Crippen molar-refractivity contribution in [2.45, 2.75) is 6.92 Å². The minimum Gasteiger partial charge on any atom is -0.463 e. The van der Waals surface area contributed by atoms with Gasteiger partial charge in [0, 0.05) is 24.8 Å². The van der Waals surface area contributed by atoms with Crippen molar-refractivity contribution in [1.29, 1.82) is 0 Å². The Bertz CT molecular complexity index is 538. The van der Waals surface area contributed by atoms with Gasteiger partial charge in [0.1, 0.15) is 0 Å². The highest BCUT2D eigenvalue weighted by Crippen LogP contribution is 2.17. The molecule has 1 amide bonds. The van der Waals surface area contributed by atoms with Crippen LogP contribution in [0, 0.1) is 0 Å². The lowest BCUT2D eigenvalue weighted by molar-refractivity contribution is -0.137.